The zero-order chi connectivity index (χ0) is 20.6. The summed E-state index contributed by atoms with van der Waals surface area (Å²) >= 11 is 5.95. The summed E-state index contributed by atoms with van der Waals surface area (Å²) in [6, 6.07) is 12.2. The van der Waals surface area contributed by atoms with Crippen LogP contribution < -0.4 is 0 Å². The van der Waals surface area contributed by atoms with E-state index in [9.17, 15) is 14.7 Å². The fourth-order valence-corrected chi connectivity index (χ4v) is 3.39. The highest BCUT2D eigenvalue weighted by molar-refractivity contribution is 6.30. The maximum Gasteiger partial charge on any atom is 0.262 e. The predicted molar refractivity (Wildman–Crippen MR) is 112 cm³/mol. The Balaban J connectivity index is 2.20. The van der Waals surface area contributed by atoms with Crippen LogP contribution in [0.5, 0.6) is 0 Å². The van der Waals surface area contributed by atoms with Crippen molar-refractivity contribution in [3.05, 3.63) is 69.9 Å². The van der Waals surface area contributed by atoms with E-state index >= 15 is 0 Å². The summed E-state index contributed by atoms with van der Waals surface area (Å²) in [4.78, 5) is 25.9. The average Bonchev–Trinajstić information content (AvgIpc) is 2.92. The Labute approximate surface area is 169 Å². The van der Waals surface area contributed by atoms with Crippen molar-refractivity contribution in [3.8, 4) is 0 Å². The zero-order valence-corrected chi connectivity index (χ0v) is 17.3. The van der Waals surface area contributed by atoms with Crippen molar-refractivity contribution in [2.45, 2.75) is 40.7 Å². The van der Waals surface area contributed by atoms with Gasteiger partial charge in [-0.15, -0.1) is 0 Å². The van der Waals surface area contributed by atoms with Gasteiger partial charge in [0, 0.05) is 33.5 Å². The minimum Gasteiger partial charge on any atom is -0.392 e. The number of nitrogens with zero attached hydrogens (tertiary/aromatic N) is 1. The minimum atomic E-state index is -0.477. The minimum absolute atomic E-state index is 0.0993. The first-order chi connectivity index (χ1) is 13.1. The number of rotatable bonds is 4. The number of aliphatic hydroxyl groups excluding tert-OH is 1. The molecule has 28 heavy (non-hydrogen) atoms. The van der Waals surface area contributed by atoms with E-state index < -0.39 is 5.41 Å². The van der Waals surface area contributed by atoms with Crippen molar-refractivity contribution in [2.75, 3.05) is 0 Å². The van der Waals surface area contributed by atoms with Gasteiger partial charge in [0.05, 0.1) is 12.1 Å². The van der Waals surface area contributed by atoms with Gasteiger partial charge in [-0.05, 0) is 54.4 Å². The normalized spacial score (nSPS) is 11.8. The monoisotopic (exact) mass is 397 g/mol. The molecule has 2 aromatic carbocycles. The van der Waals surface area contributed by atoms with E-state index in [1.165, 1.54) is 0 Å². The molecule has 1 aromatic heterocycles. The number of carbonyl (C=O) groups is 2. The first-order valence-electron chi connectivity index (χ1n) is 9.20. The fourth-order valence-electron chi connectivity index (χ4n) is 3.26. The van der Waals surface area contributed by atoms with E-state index in [4.69, 9.17) is 11.6 Å². The molecule has 0 atom stereocenters. The first kappa shape index (κ1) is 20.3. The Morgan fingerprint density at radius 3 is 2.29 bits per heavy atom. The molecule has 0 aliphatic carbocycles. The number of fused-ring (bicyclic) bond motifs is 1. The topological polar surface area (TPSA) is 59.3 Å². The lowest BCUT2D eigenvalue weighted by molar-refractivity contribution is -0.125. The summed E-state index contributed by atoms with van der Waals surface area (Å²) in [6.07, 6.45) is 0.238. The molecule has 0 saturated heterocycles. The second-order valence-corrected chi connectivity index (χ2v) is 8.51. The van der Waals surface area contributed by atoms with Crippen molar-refractivity contribution in [2.24, 2.45) is 5.41 Å². The SMILES string of the molecule is Cc1c(CC(=O)C(C)(C)C)c2cc(CO)ccc2n1C(=O)c1ccc(Cl)cc1. The fraction of sp³-hybridized carbons (Fsp3) is 0.304. The molecule has 1 N–H and O–H groups in total. The molecular weight excluding hydrogens is 374 g/mol. The molecule has 3 aromatic rings. The molecule has 0 aliphatic rings. The van der Waals surface area contributed by atoms with Crippen molar-refractivity contribution >= 4 is 34.2 Å². The molecular formula is C23H24ClNO3. The standard InChI is InChI=1S/C23H24ClNO3/c1-14-18(12-21(27)23(2,3)4)19-11-15(13-26)5-10-20(19)25(14)22(28)16-6-8-17(24)9-7-16/h5-11,26H,12-13H2,1-4H3. The van der Waals surface area contributed by atoms with Crippen LogP contribution >= 0.6 is 11.6 Å². The van der Waals surface area contributed by atoms with Crippen LogP contribution in [0.2, 0.25) is 5.02 Å². The number of hydrogen-bond donors (Lipinski definition) is 1. The lowest BCUT2D eigenvalue weighted by Gasteiger charge is -2.16. The molecule has 0 fully saturated rings. The summed E-state index contributed by atoms with van der Waals surface area (Å²) in [5.74, 6) is -0.0756. The van der Waals surface area contributed by atoms with Gasteiger partial charge in [0.2, 0.25) is 0 Å². The summed E-state index contributed by atoms with van der Waals surface area (Å²) in [7, 11) is 0. The molecule has 3 rings (SSSR count). The number of halogens is 1. The number of aliphatic hydroxyl groups is 1. The smallest absolute Gasteiger partial charge is 0.262 e. The molecule has 0 spiro atoms. The van der Waals surface area contributed by atoms with Gasteiger partial charge in [0.1, 0.15) is 5.78 Å². The van der Waals surface area contributed by atoms with Crippen molar-refractivity contribution in [1.29, 1.82) is 0 Å². The van der Waals surface area contributed by atoms with Gasteiger partial charge in [-0.25, -0.2) is 0 Å². The molecule has 1 heterocycles. The van der Waals surface area contributed by atoms with Gasteiger partial charge in [0.25, 0.3) is 5.91 Å². The molecule has 0 radical (unpaired) electrons. The Morgan fingerprint density at radius 1 is 1.07 bits per heavy atom. The van der Waals surface area contributed by atoms with Gasteiger partial charge in [-0.1, -0.05) is 38.4 Å². The molecule has 0 unspecified atom stereocenters. The lowest BCUT2D eigenvalue weighted by Crippen LogP contribution is -2.22. The van der Waals surface area contributed by atoms with Gasteiger partial charge in [-0.2, -0.15) is 0 Å². The van der Waals surface area contributed by atoms with Crippen LogP contribution in [0.15, 0.2) is 42.5 Å². The number of aromatic nitrogens is 1. The third-order valence-electron chi connectivity index (χ3n) is 5.05. The maximum atomic E-state index is 13.2. The van der Waals surface area contributed by atoms with Crippen molar-refractivity contribution in [1.82, 2.24) is 4.57 Å². The summed E-state index contributed by atoms with van der Waals surface area (Å²) in [5.41, 5.74) is 3.08. The quantitative estimate of drug-likeness (QED) is 0.678. The summed E-state index contributed by atoms with van der Waals surface area (Å²) < 4.78 is 1.64. The van der Waals surface area contributed by atoms with Gasteiger partial charge in [-0.3, -0.25) is 14.2 Å². The average molecular weight is 398 g/mol. The molecule has 0 aliphatic heterocycles. The number of Topliss-reactive ketones (excluding diaryl/α,β-unsaturated/α-hetero) is 1. The van der Waals surface area contributed by atoms with E-state index in [0.717, 1.165) is 27.7 Å². The molecule has 146 valence electrons. The van der Waals surface area contributed by atoms with E-state index in [1.807, 2.05) is 39.8 Å². The molecule has 0 amide bonds. The third-order valence-corrected chi connectivity index (χ3v) is 5.30. The number of carbonyl (C=O) groups excluding carboxylic acids is 2. The van der Waals surface area contributed by atoms with E-state index in [0.29, 0.717) is 10.6 Å². The lowest BCUT2D eigenvalue weighted by atomic mass is 9.86. The highest BCUT2D eigenvalue weighted by Gasteiger charge is 2.26. The van der Waals surface area contributed by atoms with Gasteiger partial charge < -0.3 is 5.11 Å². The number of hydrogen-bond acceptors (Lipinski definition) is 3. The Morgan fingerprint density at radius 2 is 1.71 bits per heavy atom. The Hall–Kier alpha value is -2.43. The van der Waals surface area contributed by atoms with Crippen molar-refractivity contribution in [3.63, 3.8) is 0 Å². The zero-order valence-electron chi connectivity index (χ0n) is 16.5. The van der Waals surface area contributed by atoms with Crippen LogP contribution in [-0.2, 0) is 17.8 Å². The van der Waals surface area contributed by atoms with Crippen LogP contribution in [-0.4, -0.2) is 21.4 Å². The summed E-state index contributed by atoms with van der Waals surface area (Å²) in [5, 5.41) is 10.9. The first-order valence-corrected chi connectivity index (χ1v) is 9.58. The number of ketones is 1. The highest BCUT2D eigenvalue weighted by atomic mass is 35.5. The maximum absolute atomic E-state index is 13.2. The third kappa shape index (κ3) is 3.75. The van der Waals surface area contributed by atoms with E-state index in [1.54, 1.807) is 34.9 Å². The Bertz CT molecular complexity index is 1060. The number of benzene rings is 2. The molecule has 5 heteroatoms. The van der Waals surface area contributed by atoms with Crippen LogP contribution in [0, 0.1) is 12.3 Å². The molecule has 0 saturated carbocycles. The predicted octanol–water partition coefficient (Wildman–Crippen LogP) is 4.94. The van der Waals surface area contributed by atoms with Crippen LogP contribution in [0.1, 0.15) is 48.0 Å². The van der Waals surface area contributed by atoms with E-state index in [2.05, 4.69) is 0 Å². The second kappa shape index (κ2) is 7.53. The van der Waals surface area contributed by atoms with Crippen LogP contribution in [0.25, 0.3) is 10.9 Å². The second-order valence-electron chi connectivity index (χ2n) is 8.07. The van der Waals surface area contributed by atoms with Crippen LogP contribution in [0.4, 0.5) is 0 Å². The van der Waals surface area contributed by atoms with Crippen LogP contribution in [0.3, 0.4) is 0 Å². The van der Waals surface area contributed by atoms with Crippen molar-refractivity contribution < 1.29 is 14.7 Å². The van der Waals surface area contributed by atoms with Gasteiger partial charge >= 0.3 is 0 Å². The molecule has 0 bridgehead atoms. The summed E-state index contributed by atoms with van der Waals surface area (Å²) in [6.45, 7) is 7.43. The largest absolute Gasteiger partial charge is 0.392 e. The Kier molecular flexibility index (Phi) is 5.46. The highest BCUT2D eigenvalue weighted by Crippen LogP contribution is 2.31. The van der Waals surface area contributed by atoms with Gasteiger partial charge in [0.15, 0.2) is 0 Å². The van der Waals surface area contributed by atoms with E-state index in [-0.39, 0.29) is 24.7 Å². The molecule has 4 nitrogen and oxygen atoms in total.